The Morgan fingerprint density at radius 2 is 1.95 bits per heavy atom. The first-order valence-corrected chi connectivity index (χ1v) is 8.41. The van der Waals surface area contributed by atoms with Crippen molar-refractivity contribution in [3.8, 4) is 0 Å². The van der Waals surface area contributed by atoms with Crippen LogP contribution in [0, 0.1) is 0 Å². The second-order valence-corrected chi connectivity index (χ2v) is 5.68. The van der Waals surface area contributed by atoms with Gasteiger partial charge in [0.1, 0.15) is 0 Å². The van der Waals surface area contributed by atoms with Crippen LogP contribution in [0.4, 0.5) is 0 Å². The Balaban J connectivity index is 1.91. The lowest BCUT2D eigenvalue weighted by Gasteiger charge is -2.32. The van der Waals surface area contributed by atoms with E-state index in [1.165, 1.54) is 71.1 Å². The van der Waals surface area contributed by atoms with Gasteiger partial charge in [-0.2, -0.15) is 0 Å². The Bertz CT molecular complexity index is 197. The number of rotatable bonds is 11. The van der Waals surface area contributed by atoms with E-state index in [1.807, 2.05) is 0 Å². The van der Waals surface area contributed by atoms with Crippen molar-refractivity contribution in [2.24, 2.45) is 0 Å². The molecular weight excluding hydrogens is 236 g/mol. The maximum atomic E-state index is 5.75. The summed E-state index contributed by atoms with van der Waals surface area (Å²) in [6.45, 7) is 11.3. The molecule has 0 aromatic carbocycles. The average Bonchev–Trinajstić information content (AvgIpc) is 2.43. The van der Waals surface area contributed by atoms with E-state index in [-0.39, 0.29) is 0 Å². The Hall–Kier alpha value is -0.120. The number of unbranched alkanes of at least 4 members (excludes halogenated alkanes) is 3. The molecule has 114 valence electrons. The van der Waals surface area contributed by atoms with Gasteiger partial charge in [0.15, 0.2) is 0 Å². The molecule has 1 unspecified atom stereocenters. The summed E-state index contributed by atoms with van der Waals surface area (Å²) in [7, 11) is 0. The van der Waals surface area contributed by atoms with Crippen LogP contribution in [0.2, 0.25) is 0 Å². The molecule has 1 N–H and O–H groups in total. The van der Waals surface area contributed by atoms with E-state index >= 15 is 0 Å². The highest BCUT2D eigenvalue weighted by Crippen LogP contribution is 2.14. The van der Waals surface area contributed by atoms with E-state index < -0.39 is 0 Å². The minimum atomic E-state index is 0.497. The fourth-order valence-electron chi connectivity index (χ4n) is 2.83. The number of piperidine rings is 1. The molecule has 1 saturated heterocycles. The van der Waals surface area contributed by atoms with Crippen molar-refractivity contribution in [1.82, 2.24) is 10.2 Å². The summed E-state index contributed by atoms with van der Waals surface area (Å²) in [5, 5.41) is 3.47. The molecule has 0 bridgehead atoms. The second kappa shape index (κ2) is 11.7. The molecule has 1 fully saturated rings. The molecule has 0 radical (unpaired) electrons. The van der Waals surface area contributed by atoms with Crippen molar-refractivity contribution in [1.29, 1.82) is 0 Å². The summed E-state index contributed by atoms with van der Waals surface area (Å²) in [5.41, 5.74) is 0. The molecule has 1 rings (SSSR count). The minimum Gasteiger partial charge on any atom is -0.377 e. The molecule has 0 saturated carbocycles. The molecule has 0 spiro atoms. The van der Waals surface area contributed by atoms with Gasteiger partial charge in [-0.3, -0.25) is 0 Å². The first-order chi connectivity index (χ1) is 9.36. The van der Waals surface area contributed by atoms with Crippen molar-refractivity contribution in [3.05, 3.63) is 0 Å². The van der Waals surface area contributed by atoms with Crippen LogP contribution < -0.4 is 5.32 Å². The van der Waals surface area contributed by atoms with Crippen LogP contribution in [0.15, 0.2) is 0 Å². The average molecular weight is 270 g/mol. The zero-order valence-electron chi connectivity index (χ0n) is 13.1. The minimum absolute atomic E-state index is 0.497. The van der Waals surface area contributed by atoms with Gasteiger partial charge in [0.25, 0.3) is 0 Å². The SMILES string of the molecule is CCCNCCCCCCN1CCCC(OCC)C1. The van der Waals surface area contributed by atoms with Gasteiger partial charge in [0.05, 0.1) is 6.10 Å². The third-order valence-corrected chi connectivity index (χ3v) is 3.87. The summed E-state index contributed by atoms with van der Waals surface area (Å²) in [6.07, 6.45) is 9.75. The van der Waals surface area contributed by atoms with Crippen LogP contribution in [-0.2, 0) is 4.74 Å². The van der Waals surface area contributed by atoms with Gasteiger partial charge < -0.3 is 15.0 Å². The number of likely N-dealkylation sites (tertiary alicyclic amines) is 1. The molecule has 19 heavy (non-hydrogen) atoms. The number of nitrogens with zero attached hydrogens (tertiary/aromatic N) is 1. The van der Waals surface area contributed by atoms with E-state index in [2.05, 4.69) is 24.1 Å². The number of hydrogen-bond acceptors (Lipinski definition) is 3. The van der Waals surface area contributed by atoms with Gasteiger partial charge >= 0.3 is 0 Å². The number of ether oxygens (including phenoxy) is 1. The van der Waals surface area contributed by atoms with Crippen molar-refractivity contribution < 1.29 is 4.74 Å². The number of hydrogen-bond donors (Lipinski definition) is 1. The highest BCUT2D eigenvalue weighted by Gasteiger charge is 2.19. The molecular formula is C16H34N2O. The van der Waals surface area contributed by atoms with Gasteiger partial charge in [-0.15, -0.1) is 0 Å². The normalized spacial score (nSPS) is 20.8. The second-order valence-electron chi connectivity index (χ2n) is 5.68. The van der Waals surface area contributed by atoms with Crippen molar-refractivity contribution in [2.75, 3.05) is 39.3 Å². The highest BCUT2D eigenvalue weighted by atomic mass is 16.5. The number of nitrogens with one attached hydrogen (secondary N) is 1. The first kappa shape index (κ1) is 16.9. The predicted molar refractivity (Wildman–Crippen MR) is 82.7 cm³/mol. The van der Waals surface area contributed by atoms with E-state index in [9.17, 15) is 0 Å². The molecule has 0 amide bonds. The molecule has 0 aromatic rings. The molecule has 1 heterocycles. The summed E-state index contributed by atoms with van der Waals surface area (Å²) in [4.78, 5) is 2.60. The van der Waals surface area contributed by atoms with E-state index in [0.29, 0.717) is 6.10 Å². The predicted octanol–water partition coefficient (Wildman–Crippen LogP) is 3.05. The smallest absolute Gasteiger partial charge is 0.0702 e. The monoisotopic (exact) mass is 270 g/mol. The van der Waals surface area contributed by atoms with Crippen LogP contribution >= 0.6 is 0 Å². The fraction of sp³-hybridized carbons (Fsp3) is 1.00. The lowest BCUT2D eigenvalue weighted by Crippen LogP contribution is -2.40. The zero-order valence-corrected chi connectivity index (χ0v) is 13.1. The molecule has 1 atom stereocenters. The van der Waals surface area contributed by atoms with Gasteiger partial charge in [-0.1, -0.05) is 19.8 Å². The lowest BCUT2D eigenvalue weighted by atomic mass is 10.1. The third kappa shape index (κ3) is 8.61. The van der Waals surface area contributed by atoms with Crippen LogP contribution in [-0.4, -0.2) is 50.3 Å². The van der Waals surface area contributed by atoms with Gasteiger partial charge in [-0.25, -0.2) is 0 Å². The van der Waals surface area contributed by atoms with Crippen molar-refractivity contribution in [2.45, 2.75) is 64.9 Å². The molecule has 0 aromatic heterocycles. The zero-order chi connectivity index (χ0) is 13.8. The Morgan fingerprint density at radius 1 is 1.11 bits per heavy atom. The summed E-state index contributed by atoms with van der Waals surface area (Å²) in [6, 6.07) is 0. The Morgan fingerprint density at radius 3 is 2.74 bits per heavy atom. The van der Waals surface area contributed by atoms with E-state index in [4.69, 9.17) is 4.74 Å². The quantitative estimate of drug-likeness (QED) is 0.584. The van der Waals surface area contributed by atoms with Gasteiger partial charge in [0.2, 0.25) is 0 Å². The summed E-state index contributed by atoms with van der Waals surface area (Å²) < 4.78 is 5.75. The van der Waals surface area contributed by atoms with Crippen LogP contribution in [0.25, 0.3) is 0 Å². The Labute approximate surface area is 120 Å². The van der Waals surface area contributed by atoms with Crippen molar-refractivity contribution in [3.63, 3.8) is 0 Å². The van der Waals surface area contributed by atoms with E-state index in [1.54, 1.807) is 0 Å². The fourth-order valence-corrected chi connectivity index (χ4v) is 2.83. The first-order valence-electron chi connectivity index (χ1n) is 8.41. The largest absolute Gasteiger partial charge is 0.377 e. The third-order valence-electron chi connectivity index (χ3n) is 3.87. The molecule has 3 heteroatoms. The van der Waals surface area contributed by atoms with Gasteiger partial charge in [0, 0.05) is 13.2 Å². The molecule has 1 aliphatic heterocycles. The highest BCUT2D eigenvalue weighted by molar-refractivity contribution is 4.73. The lowest BCUT2D eigenvalue weighted by molar-refractivity contribution is 0.00558. The van der Waals surface area contributed by atoms with E-state index in [0.717, 1.165) is 13.2 Å². The van der Waals surface area contributed by atoms with Crippen molar-refractivity contribution >= 4 is 0 Å². The topological polar surface area (TPSA) is 24.5 Å². The molecule has 1 aliphatic rings. The summed E-state index contributed by atoms with van der Waals surface area (Å²) in [5.74, 6) is 0. The standard InChI is InChI=1S/C16H34N2O/c1-3-11-17-12-7-5-6-8-13-18-14-9-10-16(15-18)19-4-2/h16-17H,3-15H2,1-2H3. The van der Waals surface area contributed by atoms with Crippen LogP contribution in [0.3, 0.4) is 0 Å². The Kier molecular flexibility index (Phi) is 10.4. The van der Waals surface area contributed by atoms with Gasteiger partial charge in [-0.05, 0) is 65.2 Å². The maximum absolute atomic E-state index is 5.75. The van der Waals surface area contributed by atoms with Crippen LogP contribution in [0.1, 0.15) is 58.8 Å². The maximum Gasteiger partial charge on any atom is 0.0702 e. The summed E-state index contributed by atoms with van der Waals surface area (Å²) >= 11 is 0. The molecule has 3 nitrogen and oxygen atoms in total. The van der Waals surface area contributed by atoms with Crippen LogP contribution in [0.5, 0.6) is 0 Å². The molecule has 0 aliphatic carbocycles.